The minimum atomic E-state index is -4.08. The number of fused-ring (bicyclic) bond motifs is 2. The van der Waals surface area contributed by atoms with Gasteiger partial charge in [-0.05, 0) is 47.8 Å². The number of imide groups is 1. The molecule has 2 aromatic rings. The van der Waals surface area contributed by atoms with Crippen LogP contribution in [0.25, 0.3) is 10.8 Å². The van der Waals surface area contributed by atoms with Crippen molar-refractivity contribution in [1.82, 2.24) is 5.32 Å². The van der Waals surface area contributed by atoms with Crippen molar-refractivity contribution in [3.8, 4) is 0 Å². The fraction of sp³-hybridized carbons (Fsp3) is 0.409. The first-order valence-corrected chi connectivity index (χ1v) is 12.3. The van der Waals surface area contributed by atoms with E-state index in [1.54, 1.807) is 12.1 Å². The third kappa shape index (κ3) is 3.43. The highest BCUT2D eigenvalue weighted by molar-refractivity contribution is 9.10. The van der Waals surface area contributed by atoms with Gasteiger partial charge in [-0.3, -0.25) is 24.3 Å². The number of nitrogens with one attached hydrogen (secondary N) is 1. The van der Waals surface area contributed by atoms with Crippen LogP contribution in [0.15, 0.2) is 34.8 Å². The second-order valence-electron chi connectivity index (χ2n) is 9.00. The molecule has 2 N–H and O–H groups in total. The predicted octanol–water partition coefficient (Wildman–Crippen LogP) is 3.76. The molecular formula is C22H22BrNO6S. The summed E-state index contributed by atoms with van der Waals surface area (Å²) in [5, 5.41) is 3.94. The van der Waals surface area contributed by atoms with Gasteiger partial charge in [-0.25, -0.2) is 0 Å². The Labute approximate surface area is 188 Å². The Balaban J connectivity index is 0.000000150. The maximum absolute atomic E-state index is 11.9. The predicted molar refractivity (Wildman–Crippen MR) is 118 cm³/mol. The maximum atomic E-state index is 11.9. The number of carbonyl (C=O) groups excluding carboxylic acids is 3. The monoisotopic (exact) mass is 507 g/mol. The first-order valence-electron chi connectivity index (χ1n) is 9.93. The summed E-state index contributed by atoms with van der Waals surface area (Å²) in [5.41, 5.74) is -0.0210. The highest BCUT2D eigenvalue weighted by atomic mass is 79.9. The molecule has 2 atom stereocenters. The zero-order valence-corrected chi connectivity index (χ0v) is 19.5. The minimum Gasteiger partial charge on any atom is -0.299 e. The number of hydrogen-bond donors (Lipinski definition) is 2. The van der Waals surface area contributed by atoms with E-state index in [0.717, 1.165) is 21.7 Å². The fourth-order valence-electron chi connectivity index (χ4n) is 5.41. The van der Waals surface area contributed by atoms with Crippen molar-refractivity contribution in [2.45, 2.75) is 33.1 Å². The van der Waals surface area contributed by atoms with Gasteiger partial charge in [0.1, 0.15) is 5.78 Å². The summed E-state index contributed by atoms with van der Waals surface area (Å²) in [5.74, 6) is -0.766. The van der Waals surface area contributed by atoms with E-state index < -0.39 is 21.3 Å². The Morgan fingerprint density at radius 2 is 1.74 bits per heavy atom. The van der Waals surface area contributed by atoms with Crippen molar-refractivity contribution in [1.29, 1.82) is 0 Å². The van der Waals surface area contributed by atoms with E-state index in [-0.39, 0.29) is 28.9 Å². The summed E-state index contributed by atoms with van der Waals surface area (Å²) in [6.07, 6.45) is 1.97. The molecule has 2 aliphatic carbocycles. The van der Waals surface area contributed by atoms with Crippen molar-refractivity contribution in [3.63, 3.8) is 0 Å². The van der Waals surface area contributed by atoms with Gasteiger partial charge in [0, 0.05) is 27.4 Å². The molecular weight excluding hydrogens is 486 g/mol. The number of ketones is 1. The van der Waals surface area contributed by atoms with Gasteiger partial charge in [0.05, 0.1) is 11.2 Å². The molecule has 2 aromatic carbocycles. The van der Waals surface area contributed by atoms with Crippen molar-refractivity contribution in [2.24, 2.45) is 16.7 Å². The van der Waals surface area contributed by atoms with Gasteiger partial charge in [0.2, 0.25) is 0 Å². The Hall–Kier alpha value is -2.10. The molecule has 3 aliphatic rings. The van der Waals surface area contributed by atoms with Gasteiger partial charge in [-0.15, -0.1) is 0 Å². The van der Waals surface area contributed by atoms with Crippen LogP contribution < -0.4 is 5.32 Å². The number of Topliss-reactive ketones (excluding diaryl/α,β-unsaturated/α-hetero) is 1. The summed E-state index contributed by atoms with van der Waals surface area (Å²) < 4.78 is 31.9. The van der Waals surface area contributed by atoms with Crippen molar-refractivity contribution < 1.29 is 27.4 Å². The summed E-state index contributed by atoms with van der Waals surface area (Å²) in [6.45, 7) is 3.89. The van der Waals surface area contributed by atoms with Crippen molar-refractivity contribution >= 4 is 54.4 Å². The molecule has 2 saturated carbocycles. The summed E-state index contributed by atoms with van der Waals surface area (Å²) in [4.78, 5) is 35.2. The Morgan fingerprint density at radius 1 is 1.10 bits per heavy atom. The number of hydrogen-bond acceptors (Lipinski definition) is 5. The molecule has 2 unspecified atom stereocenters. The van der Waals surface area contributed by atoms with E-state index in [1.165, 1.54) is 0 Å². The van der Waals surface area contributed by atoms with Gasteiger partial charge < -0.3 is 0 Å². The molecule has 0 saturated heterocycles. The smallest absolute Gasteiger partial charge is 0.265 e. The SMILES string of the molecule is CC1(C)C2CCC1(CS(=O)(=O)O)C(=O)C2.O=C1NC(=O)c2ccc(Br)c3cccc1c23. The Kier molecular flexibility index (Phi) is 5.14. The first-order chi connectivity index (χ1) is 14.4. The molecule has 0 radical (unpaired) electrons. The number of carbonyl (C=O) groups is 3. The molecule has 1 aliphatic heterocycles. The average molecular weight is 508 g/mol. The molecule has 2 bridgehead atoms. The van der Waals surface area contributed by atoms with Crippen LogP contribution in [0, 0.1) is 16.7 Å². The zero-order valence-electron chi connectivity index (χ0n) is 17.1. The van der Waals surface area contributed by atoms with Crippen LogP contribution in [0.3, 0.4) is 0 Å². The van der Waals surface area contributed by atoms with Crippen LogP contribution in [-0.4, -0.2) is 36.3 Å². The maximum Gasteiger partial charge on any atom is 0.265 e. The van der Waals surface area contributed by atoms with Crippen molar-refractivity contribution in [2.75, 3.05) is 5.75 Å². The molecule has 9 heteroatoms. The van der Waals surface area contributed by atoms with E-state index in [4.69, 9.17) is 4.55 Å². The molecule has 1 heterocycles. The van der Waals surface area contributed by atoms with Crippen molar-refractivity contribution in [3.05, 3.63) is 45.9 Å². The first kappa shape index (κ1) is 22.1. The minimum absolute atomic E-state index is 0.0152. The number of amides is 2. The van der Waals surface area contributed by atoms with Gasteiger partial charge in [0.15, 0.2) is 0 Å². The highest BCUT2D eigenvalue weighted by Gasteiger charge is 2.65. The molecule has 5 rings (SSSR count). The third-order valence-electron chi connectivity index (χ3n) is 7.27. The van der Waals surface area contributed by atoms with Crippen LogP contribution in [0.2, 0.25) is 0 Å². The number of benzene rings is 2. The van der Waals surface area contributed by atoms with E-state index >= 15 is 0 Å². The van der Waals surface area contributed by atoms with Crippen LogP contribution in [0.1, 0.15) is 53.8 Å². The second-order valence-corrected chi connectivity index (χ2v) is 11.3. The van der Waals surface area contributed by atoms with Gasteiger partial charge >= 0.3 is 0 Å². The lowest BCUT2D eigenvalue weighted by Gasteiger charge is -2.35. The molecule has 164 valence electrons. The van der Waals surface area contributed by atoms with Gasteiger partial charge in [0.25, 0.3) is 21.9 Å². The van der Waals surface area contributed by atoms with Crippen LogP contribution in [0.5, 0.6) is 0 Å². The molecule has 0 spiro atoms. The van der Waals surface area contributed by atoms with Gasteiger partial charge in [-0.1, -0.05) is 41.9 Å². The molecule has 2 fully saturated rings. The molecule has 2 amide bonds. The quantitative estimate of drug-likeness (QED) is 0.471. The second kappa shape index (κ2) is 7.21. The van der Waals surface area contributed by atoms with E-state index in [1.807, 2.05) is 32.0 Å². The lowest BCUT2D eigenvalue weighted by Crippen LogP contribution is -2.42. The number of halogens is 1. The molecule has 31 heavy (non-hydrogen) atoms. The Bertz CT molecular complexity index is 1230. The van der Waals surface area contributed by atoms with E-state index in [9.17, 15) is 22.8 Å². The van der Waals surface area contributed by atoms with Gasteiger partial charge in [-0.2, -0.15) is 8.42 Å². The third-order valence-corrected chi connectivity index (χ3v) is 8.82. The van der Waals surface area contributed by atoms with Crippen LogP contribution >= 0.6 is 15.9 Å². The summed E-state index contributed by atoms with van der Waals surface area (Å²) in [7, 11) is -4.08. The fourth-order valence-corrected chi connectivity index (χ4v) is 7.17. The van der Waals surface area contributed by atoms with Crippen LogP contribution in [-0.2, 0) is 14.9 Å². The lowest BCUT2D eigenvalue weighted by atomic mass is 9.70. The number of rotatable bonds is 2. The highest BCUT2D eigenvalue weighted by Crippen LogP contribution is 2.64. The topological polar surface area (TPSA) is 118 Å². The Morgan fingerprint density at radius 3 is 2.29 bits per heavy atom. The standard InChI is InChI=1S/C12H6BrNO2.C10H16O4S/c13-9-5-4-8-10-6(9)2-1-3-7(10)11(15)14-12(8)16;1-9(2)7-3-4-10(9,8(11)5-7)6-15(12,13)14/h1-5H,(H,14,15,16);7H,3-6H2,1-2H3,(H,12,13,14). The average Bonchev–Trinajstić information content (AvgIpc) is 3.00. The summed E-state index contributed by atoms with van der Waals surface area (Å²) >= 11 is 3.42. The van der Waals surface area contributed by atoms with Crippen LogP contribution in [0.4, 0.5) is 0 Å². The normalized spacial score (nSPS) is 25.9. The lowest BCUT2D eigenvalue weighted by molar-refractivity contribution is -0.128. The largest absolute Gasteiger partial charge is 0.299 e. The summed E-state index contributed by atoms with van der Waals surface area (Å²) in [6, 6.07) is 8.95. The molecule has 7 nitrogen and oxygen atoms in total. The molecule has 0 aromatic heterocycles. The van der Waals surface area contributed by atoms with E-state index in [2.05, 4.69) is 21.2 Å². The zero-order chi connectivity index (χ0) is 22.8. The van der Waals surface area contributed by atoms with E-state index in [0.29, 0.717) is 24.0 Å².